The van der Waals surface area contributed by atoms with Crippen LogP contribution in [0.4, 0.5) is 0 Å². The molecule has 0 spiro atoms. The third-order valence-electron chi connectivity index (χ3n) is 3.07. The maximum absolute atomic E-state index is 5.66. The van der Waals surface area contributed by atoms with Crippen molar-refractivity contribution in [3.05, 3.63) is 29.8 Å². The zero-order chi connectivity index (χ0) is 13.1. The molecular weight excluding hydrogens is 224 g/mol. The molecule has 0 amide bonds. The van der Waals surface area contributed by atoms with E-state index in [1.54, 1.807) is 7.11 Å². The van der Waals surface area contributed by atoms with E-state index in [9.17, 15) is 0 Å². The summed E-state index contributed by atoms with van der Waals surface area (Å²) in [5.74, 6) is 0.898. The Balaban J connectivity index is 2.00. The van der Waals surface area contributed by atoms with Crippen LogP contribution in [0.2, 0.25) is 0 Å². The van der Waals surface area contributed by atoms with Crippen molar-refractivity contribution in [1.82, 2.24) is 0 Å². The Bertz CT molecular complexity index is 292. The number of methoxy groups -OCH3 is 1. The molecule has 0 saturated heterocycles. The second-order valence-corrected chi connectivity index (χ2v) is 4.67. The van der Waals surface area contributed by atoms with Crippen molar-refractivity contribution in [1.29, 1.82) is 0 Å². The molecule has 0 unspecified atom stereocenters. The first-order valence-electron chi connectivity index (χ1n) is 7.07. The van der Waals surface area contributed by atoms with Crippen molar-refractivity contribution in [3.63, 3.8) is 0 Å². The Morgan fingerprint density at radius 1 is 0.889 bits per heavy atom. The van der Waals surface area contributed by atoms with Crippen LogP contribution in [-0.2, 0) is 11.3 Å². The van der Waals surface area contributed by atoms with E-state index >= 15 is 0 Å². The van der Waals surface area contributed by atoms with Gasteiger partial charge >= 0.3 is 0 Å². The average Bonchev–Trinajstić information content (AvgIpc) is 2.42. The van der Waals surface area contributed by atoms with E-state index in [-0.39, 0.29) is 0 Å². The van der Waals surface area contributed by atoms with Gasteiger partial charge in [0.05, 0.1) is 13.7 Å². The van der Waals surface area contributed by atoms with Gasteiger partial charge in [0.2, 0.25) is 0 Å². The first kappa shape index (κ1) is 15.0. The topological polar surface area (TPSA) is 18.5 Å². The number of hydrogen-bond donors (Lipinski definition) is 0. The van der Waals surface area contributed by atoms with Crippen molar-refractivity contribution < 1.29 is 9.47 Å². The molecule has 0 bridgehead atoms. The molecule has 0 aliphatic carbocycles. The maximum Gasteiger partial charge on any atom is 0.118 e. The van der Waals surface area contributed by atoms with Gasteiger partial charge in [-0.1, -0.05) is 51.2 Å². The molecule has 0 aromatic heterocycles. The molecule has 1 aromatic rings. The molecule has 0 atom stereocenters. The Hall–Kier alpha value is -1.02. The summed E-state index contributed by atoms with van der Waals surface area (Å²) in [6.07, 6.45) is 7.87. The molecule has 0 aliphatic rings. The molecule has 102 valence electrons. The minimum absolute atomic E-state index is 0.707. The SMILES string of the molecule is CCCCCCCCOCc1ccc(OC)cc1. The average molecular weight is 250 g/mol. The van der Waals surface area contributed by atoms with E-state index in [1.165, 1.54) is 44.1 Å². The zero-order valence-electron chi connectivity index (χ0n) is 11.8. The van der Waals surface area contributed by atoms with Crippen LogP contribution in [0.3, 0.4) is 0 Å². The maximum atomic E-state index is 5.66. The highest BCUT2D eigenvalue weighted by Gasteiger charge is 1.95. The Morgan fingerprint density at radius 2 is 1.56 bits per heavy atom. The zero-order valence-corrected chi connectivity index (χ0v) is 11.8. The Kier molecular flexibility index (Phi) is 8.32. The highest BCUT2D eigenvalue weighted by atomic mass is 16.5. The van der Waals surface area contributed by atoms with Gasteiger partial charge in [0, 0.05) is 6.61 Å². The highest BCUT2D eigenvalue weighted by molar-refractivity contribution is 5.26. The fourth-order valence-corrected chi connectivity index (χ4v) is 1.90. The van der Waals surface area contributed by atoms with Gasteiger partial charge in [-0.15, -0.1) is 0 Å². The lowest BCUT2D eigenvalue weighted by molar-refractivity contribution is 0.116. The number of rotatable bonds is 10. The van der Waals surface area contributed by atoms with E-state index in [0.29, 0.717) is 6.61 Å². The summed E-state index contributed by atoms with van der Waals surface area (Å²) in [7, 11) is 1.68. The molecule has 0 aliphatic heterocycles. The number of ether oxygens (including phenoxy) is 2. The largest absolute Gasteiger partial charge is 0.497 e. The first-order valence-corrected chi connectivity index (χ1v) is 7.07. The summed E-state index contributed by atoms with van der Waals surface area (Å²) < 4.78 is 10.8. The van der Waals surface area contributed by atoms with Gasteiger partial charge in [0.1, 0.15) is 5.75 Å². The summed E-state index contributed by atoms with van der Waals surface area (Å²) in [5, 5.41) is 0. The van der Waals surface area contributed by atoms with Crippen molar-refractivity contribution in [2.75, 3.05) is 13.7 Å². The normalized spacial score (nSPS) is 10.6. The van der Waals surface area contributed by atoms with Crippen molar-refractivity contribution in [2.45, 2.75) is 52.1 Å². The minimum atomic E-state index is 0.707. The predicted molar refractivity (Wildman–Crippen MR) is 76.0 cm³/mol. The third-order valence-corrected chi connectivity index (χ3v) is 3.07. The van der Waals surface area contributed by atoms with Crippen LogP contribution >= 0.6 is 0 Å². The van der Waals surface area contributed by atoms with Gasteiger partial charge in [0.25, 0.3) is 0 Å². The van der Waals surface area contributed by atoms with Crippen LogP contribution in [0.15, 0.2) is 24.3 Å². The van der Waals surface area contributed by atoms with Crippen molar-refractivity contribution in [3.8, 4) is 5.75 Å². The molecule has 0 heterocycles. The van der Waals surface area contributed by atoms with Crippen molar-refractivity contribution >= 4 is 0 Å². The standard InChI is InChI=1S/C16H26O2/c1-3-4-5-6-7-8-13-18-14-15-9-11-16(17-2)12-10-15/h9-12H,3-8,13-14H2,1-2H3. The van der Waals surface area contributed by atoms with Crippen LogP contribution in [0.25, 0.3) is 0 Å². The summed E-state index contributed by atoms with van der Waals surface area (Å²) in [4.78, 5) is 0. The van der Waals surface area contributed by atoms with E-state index in [0.717, 1.165) is 12.4 Å². The predicted octanol–water partition coefficient (Wildman–Crippen LogP) is 4.57. The number of unbranched alkanes of at least 4 members (excludes halogenated alkanes) is 5. The minimum Gasteiger partial charge on any atom is -0.497 e. The van der Waals surface area contributed by atoms with Gasteiger partial charge in [-0.2, -0.15) is 0 Å². The molecule has 0 N–H and O–H groups in total. The first-order chi connectivity index (χ1) is 8.86. The van der Waals surface area contributed by atoms with E-state index in [1.807, 2.05) is 12.1 Å². The molecule has 2 heteroatoms. The van der Waals surface area contributed by atoms with Crippen LogP contribution < -0.4 is 4.74 Å². The smallest absolute Gasteiger partial charge is 0.118 e. The molecule has 0 saturated carbocycles. The fourth-order valence-electron chi connectivity index (χ4n) is 1.90. The van der Waals surface area contributed by atoms with Gasteiger partial charge in [-0.25, -0.2) is 0 Å². The van der Waals surface area contributed by atoms with Crippen LogP contribution in [0.1, 0.15) is 51.0 Å². The lowest BCUT2D eigenvalue weighted by Crippen LogP contribution is -1.95. The van der Waals surface area contributed by atoms with Gasteiger partial charge < -0.3 is 9.47 Å². The van der Waals surface area contributed by atoms with Crippen LogP contribution in [0, 0.1) is 0 Å². The van der Waals surface area contributed by atoms with Crippen LogP contribution in [-0.4, -0.2) is 13.7 Å². The van der Waals surface area contributed by atoms with E-state index in [4.69, 9.17) is 9.47 Å². The number of hydrogen-bond acceptors (Lipinski definition) is 2. The molecule has 0 radical (unpaired) electrons. The lowest BCUT2D eigenvalue weighted by Gasteiger charge is -2.05. The van der Waals surface area contributed by atoms with Gasteiger partial charge in [0.15, 0.2) is 0 Å². The summed E-state index contributed by atoms with van der Waals surface area (Å²) in [6, 6.07) is 8.06. The Morgan fingerprint density at radius 3 is 2.22 bits per heavy atom. The van der Waals surface area contributed by atoms with Gasteiger partial charge in [-0.3, -0.25) is 0 Å². The molecular formula is C16H26O2. The highest BCUT2D eigenvalue weighted by Crippen LogP contribution is 2.12. The fraction of sp³-hybridized carbons (Fsp3) is 0.625. The van der Waals surface area contributed by atoms with Crippen molar-refractivity contribution in [2.24, 2.45) is 0 Å². The second-order valence-electron chi connectivity index (χ2n) is 4.67. The molecule has 18 heavy (non-hydrogen) atoms. The summed E-state index contributed by atoms with van der Waals surface area (Å²) in [6.45, 7) is 3.83. The summed E-state index contributed by atoms with van der Waals surface area (Å²) >= 11 is 0. The monoisotopic (exact) mass is 250 g/mol. The number of benzene rings is 1. The molecule has 1 aromatic carbocycles. The third kappa shape index (κ3) is 6.65. The molecule has 1 rings (SSSR count). The van der Waals surface area contributed by atoms with Gasteiger partial charge in [-0.05, 0) is 24.1 Å². The molecule has 2 nitrogen and oxygen atoms in total. The molecule has 0 fully saturated rings. The lowest BCUT2D eigenvalue weighted by atomic mass is 10.1. The second kappa shape index (κ2) is 9.95. The summed E-state index contributed by atoms with van der Waals surface area (Å²) in [5.41, 5.74) is 1.21. The van der Waals surface area contributed by atoms with Crippen LogP contribution in [0.5, 0.6) is 5.75 Å². The van der Waals surface area contributed by atoms with E-state index < -0.39 is 0 Å². The van der Waals surface area contributed by atoms with E-state index in [2.05, 4.69) is 19.1 Å². The Labute approximate surface area is 111 Å². The quantitative estimate of drug-likeness (QED) is 0.566.